The van der Waals surface area contributed by atoms with Gasteiger partial charge in [0.1, 0.15) is 0 Å². The molecule has 0 amide bonds. The molecule has 0 spiro atoms. The summed E-state index contributed by atoms with van der Waals surface area (Å²) in [7, 11) is 0. The Morgan fingerprint density at radius 1 is 0.800 bits per heavy atom. The first-order valence-electron chi connectivity index (χ1n) is 9.16. The fourth-order valence-electron chi connectivity index (χ4n) is 3.58. The van der Waals surface area contributed by atoms with Crippen LogP contribution in [0.3, 0.4) is 0 Å². The minimum atomic E-state index is 0.512. The van der Waals surface area contributed by atoms with Gasteiger partial charge in [0.2, 0.25) is 0 Å². The summed E-state index contributed by atoms with van der Waals surface area (Å²) in [6.07, 6.45) is 6.91. The molecule has 0 saturated heterocycles. The summed E-state index contributed by atoms with van der Waals surface area (Å²) >= 11 is 0. The van der Waals surface area contributed by atoms with Crippen molar-refractivity contribution in [2.24, 2.45) is 35.0 Å². The Labute approximate surface area is 130 Å². The first kappa shape index (κ1) is 20.0. The average Bonchev–Trinajstić information content (AvgIpc) is 2.37. The SMILES string of the molecule is CCCC(C)(C(C)C)C(C)C(C)CCCC(C)C(C)C. The van der Waals surface area contributed by atoms with Gasteiger partial charge in [-0.2, -0.15) is 0 Å². The third-order valence-corrected chi connectivity index (χ3v) is 6.46. The second kappa shape index (κ2) is 9.11. The van der Waals surface area contributed by atoms with Crippen LogP contribution < -0.4 is 0 Å². The van der Waals surface area contributed by atoms with Crippen molar-refractivity contribution >= 4 is 0 Å². The monoisotopic (exact) mass is 282 g/mol. The van der Waals surface area contributed by atoms with E-state index in [2.05, 4.69) is 62.3 Å². The maximum absolute atomic E-state index is 2.53. The van der Waals surface area contributed by atoms with Gasteiger partial charge in [0, 0.05) is 0 Å². The van der Waals surface area contributed by atoms with Gasteiger partial charge in [-0.15, -0.1) is 0 Å². The van der Waals surface area contributed by atoms with E-state index in [0.29, 0.717) is 5.41 Å². The highest BCUT2D eigenvalue weighted by atomic mass is 14.4. The summed E-state index contributed by atoms with van der Waals surface area (Å²) in [4.78, 5) is 0. The van der Waals surface area contributed by atoms with Crippen LogP contribution in [0.2, 0.25) is 0 Å². The van der Waals surface area contributed by atoms with E-state index in [-0.39, 0.29) is 0 Å². The smallest absolute Gasteiger partial charge is 0.0275 e. The molecular weight excluding hydrogens is 240 g/mol. The zero-order valence-corrected chi connectivity index (χ0v) is 15.9. The standard InChI is InChI=1S/C20H42/c1-10-14-20(9,16(4)5)19(8)18(7)13-11-12-17(6)15(2)3/h15-19H,10-14H2,1-9H3. The first-order chi connectivity index (χ1) is 9.16. The molecule has 0 N–H and O–H groups in total. The summed E-state index contributed by atoms with van der Waals surface area (Å²) in [6, 6.07) is 0. The molecule has 0 saturated carbocycles. The molecule has 0 aromatic heterocycles. The minimum Gasteiger partial charge on any atom is -0.0654 e. The fraction of sp³-hybridized carbons (Fsp3) is 1.00. The molecule has 0 aromatic rings. The lowest BCUT2D eigenvalue weighted by Crippen LogP contribution is -2.35. The molecule has 0 aromatic carbocycles. The second-order valence-corrected chi connectivity index (χ2v) is 8.33. The molecule has 122 valence electrons. The molecule has 0 fully saturated rings. The van der Waals surface area contributed by atoms with Crippen molar-refractivity contribution in [1.82, 2.24) is 0 Å². The van der Waals surface area contributed by atoms with Gasteiger partial charge >= 0.3 is 0 Å². The molecule has 4 unspecified atom stereocenters. The normalized spacial score (nSPS) is 19.9. The Hall–Kier alpha value is 0. The van der Waals surface area contributed by atoms with Gasteiger partial charge in [-0.05, 0) is 41.4 Å². The zero-order chi connectivity index (χ0) is 15.9. The van der Waals surface area contributed by atoms with Crippen LogP contribution in [0.1, 0.15) is 94.4 Å². The Morgan fingerprint density at radius 2 is 1.30 bits per heavy atom. The van der Waals surface area contributed by atoms with E-state index < -0.39 is 0 Å². The van der Waals surface area contributed by atoms with Crippen molar-refractivity contribution in [1.29, 1.82) is 0 Å². The molecule has 0 rings (SSSR count). The van der Waals surface area contributed by atoms with Crippen molar-refractivity contribution in [2.75, 3.05) is 0 Å². The molecule has 4 atom stereocenters. The van der Waals surface area contributed by atoms with Crippen molar-refractivity contribution < 1.29 is 0 Å². The number of hydrogen-bond donors (Lipinski definition) is 0. The second-order valence-electron chi connectivity index (χ2n) is 8.33. The number of rotatable bonds is 10. The van der Waals surface area contributed by atoms with Crippen LogP contribution in [0.15, 0.2) is 0 Å². The Bertz CT molecular complexity index is 240. The highest BCUT2D eigenvalue weighted by Gasteiger charge is 2.36. The van der Waals surface area contributed by atoms with Gasteiger partial charge in [-0.3, -0.25) is 0 Å². The van der Waals surface area contributed by atoms with Crippen LogP contribution in [-0.2, 0) is 0 Å². The highest BCUT2D eigenvalue weighted by Crippen LogP contribution is 2.44. The van der Waals surface area contributed by atoms with E-state index >= 15 is 0 Å². The van der Waals surface area contributed by atoms with Gasteiger partial charge in [0.25, 0.3) is 0 Å². The van der Waals surface area contributed by atoms with Crippen molar-refractivity contribution in [3.05, 3.63) is 0 Å². The quantitative estimate of drug-likeness (QED) is 0.398. The molecule has 0 aliphatic carbocycles. The van der Waals surface area contributed by atoms with Crippen LogP contribution in [0.5, 0.6) is 0 Å². The van der Waals surface area contributed by atoms with E-state index in [9.17, 15) is 0 Å². The van der Waals surface area contributed by atoms with E-state index in [0.717, 1.165) is 29.6 Å². The molecule has 0 aliphatic heterocycles. The minimum absolute atomic E-state index is 0.512. The molecule has 20 heavy (non-hydrogen) atoms. The molecule has 0 aliphatic rings. The summed E-state index contributed by atoms with van der Waals surface area (Å²) in [5.41, 5.74) is 0.512. The summed E-state index contributed by atoms with van der Waals surface area (Å²) in [5.74, 6) is 4.19. The average molecular weight is 283 g/mol. The third kappa shape index (κ3) is 5.78. The predicted octanol–water partition coefficient (Wildman–Crippen LogP) is 7.18. The van der Waals surface area contributed by atoms with E-state index in [1.165, 1.54) is 32.1 Å². The Kier molecular flexibility index (Phi) is 9.11. The maximum Gasteiger partial charge on any atom is -0.0275 e. The summed E-state index contributed by atoms with van der Waals surface area (Å²) < 4.78 is 0. The van der Waals surface area contributed by atoms with E-state index in [1.54, 1.807) is 0 Å². The summed E-state index contributed by atoms with van der Waals surface area (Å²) in [5, 5.41) is 0. The fourth-order valence-corrected chi connectivity index (χ4v) is 3.58. The van der Waals surface area contributed by atoms with E-state index in [4.69, 9.17) is 0 Å². The topological polar surface area (TPSA) is 0 Å². The first-order valence-corrected chi connectivity index (χ1v) is 9.16. The predicted molar refractivity (Wildman–Crippen MR) is 94.0 cm³/mol. The van der Waals surface area contributed by atoms with Gasteiger partial charge in [0.15, 0.2) is 0 Å². The van der Waals surface area contributed by atoms with Crippen molar-refractivity contribution in [2.45, 2.75) is 94.4 Å². The molecule has 0 nitrogen and oxygen atoms in total. The Balaban J connectivity index is 4.41. The van der Waals surface area contributed by atoms with Crippen molar-refractivity contribution in [3.63, 3.8) is 0 Å². The van der Waals surface area contributed by atoms with Gasteiger partial charge in [-0.25, -0.2) is 0 Å². The van der Waals surface area contributed by atoms with Gasteiger partial charge < -0.3 is 0 Å². The molecule has 0 heteroatoms. The van der Waals surface area contributed by atoms with Crippen LogP contribution in [0.25, 0.3) is 0 Å². The largest absolute Gasteiger partial charge is 0.0654 e. The van der Waals surface area contributed by atoms with Crippen LogP contribution in [-0.4, -0.2) is 0 Å². The Morgan fingerprint density at radius 3 is 1.70 bits per heavy atom. The van der Waals surface area contributed by atoms with E-state index in [1.807, 2.05) is 0 Å². The van der Waals surface area contributed by atoms with Crippen LogP contribution >= 0.6 is 0 Å². The summed E-state index contributed by atoms with van der Waals surface area (Å²) in [6.45, 7) is 21.8. The molecule has 0 bridgehead atoms. The van der Waals surface area contributed by atoms with Crippen LogP contribution in [0, 0.1) is 35.0 Å². The lowest BCUT2D eigenvalue weighted by molar-refractivity contribution is 0.0673. The van der Waals surface area contributed by atoms with Gasteiger partial charge in [-0.1, -0.05) is 88.0 Å². The number of hydrogen-bond acceptors (Lipinski definition) is 0. The lowest BCUT2D eigenvalue weighted by Gasteiger charge is -2.43. The lowest BCUT2D eigenvalue weighted by atomic mass is 9.63. The highest BCUT2D eigenvalue weighted by molar-refractivity contribution is 4.85. The zero-order valence-electron chi connectivity index (χ0n) is 15.9. The van der Waals surface area contributed by atoms with Crippen LogP contribution in [0.4, 0.5) is 0 Å². The van der Waals surface area contributed by atoms with Gasteiger partial charge in [0.05, 0.1) is 0 Å². The van der Waals surface area contributed by atoms with Crippen molar-refractivity contribution in [3.8, 4) is 0 Å². The maximum atomic E-state index is 2.53. The molecule has 0 radical (unpaired) electrons. The molecule has 0 heterocycles. The third-order valence-electron chi connectivity index (χ3n) is 6.46. The molecular formula is C20H42.